The van der Waals surface area contributed by atoms with E-state index in [0.29, 0.717) is 12.2 Å². The molecule has 0 spiro atoms. The Morgan fingerprint density at radius 2 is 1.35 bits per heavy atom. The van der Waals surface area contributed by atoms with E-state index in [1.54, 1.807) is 12.1 Å². The van der Waals surface area contributed by atoms with E-state index in [1.807, 2.05) is 6.92 Å². The zero-order valence-electron chi connectivity index (χ0n) is 12.4. The van der Waals surface area contributed by atoms with Crippen LogP contribution in [0.25, 0.3) is 11.1 Å². The second-order valence-electron chi connectivity index (χ2n) is 5.01. The number of hydrogen-bond acceptors (Lipinski definition) is 2. The Balaban J connectivity index is 2.77. The molecule has 106 valence electrons. The van der Waals surface area contributed by atoms with Gasteiger partial charge in [-0.2, -0.15) is 0 Å². The van der Waals surface area contributed by atoms with Crippen molar-refractivity contribution in [2.24, 2.45) is 0 Å². The van der Waals surface area contributed by atoms with Crippen LogP contribution < -0.4 is 0 Å². The van der Waals surface area contributed by atoms with Crippen LogP contribution in [0.4, 0.5) is 0 Å². The summed E-state index contributed by atoms with van der Waals surface area (Å²) in [6, 6.07) is 9.54. The van der Waals surface area contributed by atoms with Crippen molar-refractivity contribution < 1.29 is 10.2 Å². The second kappa shape index (κ2) is 6.00. The van der Waals surface area contributed by atoms with Crippen LogP contribution in [0.5, 0.6) is 11.5 Å². The van der Waals surface area contributed by atoms with Gasteiger partial charge in [0.2, 0.25) is 0 Å². The lowest BCUT2D eigenvalue weighted by Gasteiger charge is -2.16. The maximum absolute atomic E-state index is 10.5. The van der Waals surface area contributed by atoms with Crippen LogP contribution in [0.15, 0.2) is 30.3 Å². The minimum atomic E-state index is 0.211. The van der Waals surface area contributed by atoms with Crippen molar-refractivity contribution in [2.75, 3.05) is 0 Å². The van der Waals surface area contributed by atoms with Gasteiger partial charge in [-0.25, -0.2) is 0 Å². The van der Waals surface area contributed by atoms with E-state index in [1.165, 1.54) is 11.1 Å². The lowest BCUT2D eigenvalue weighted by atomic mass is 9.90. The first kappa shape index (κ1) is 14.4. The molecule has 0 aliphatic rings. The van der Waals surface area contributed by atoms with Crippen LogP contribution in [0.3, 0.4) is 0 Å². The molecule has 2 aromatic rings. The van der Waals surface area contributed by atoms with E-state index < -0.39 is 0 Å². The van der Waals surface area contributed by atoms with Crippen LogP contribution in [-0.2, 0) is 19.3 Å². The van der Waals surface area contributed by atoms with E-state index in [0.717, 1.165) is 29.5 Å². The van der Waals surface area contributed by atoms with Gasteiger partial charge in [0.25, 0.3) is 0 Å². The number of benzene rings is 2. The Kier molecular flexibility index (Phi) is 4.33. The van der Waals surface area contributed by atoms with Crippen LogP contribution in [0, 0.1) is 0 Å². The molecule has 0 heterocycles. The number of aromatic hydroxyl groups is 2. The predicted octanol–water partition coefficient (Wildman–Crippen LogP) is 4.45. The average Bonchev–Trinajstić information content (AvgIpc) is 2.48. The van der Waals surface area contributed by atoms with Crippen molar-refractivity contribution in [3.05, 3.63) is 47.0 Å². The highest BCUT2D eigenvalue weighted by Crippen LogP contribution is 2.39. The third kappa shape index (κ3) is 2.51. The maximum atomic E-state index is 10.5. The molecule has 0 radical (unpaired) electrons. The van der Waals surface area contributed by atoms with E-state index in [4.69, 9.17) is 0 Å². The van der Waals surface area contributed by atoms with Gasteiger partial charge in [0.1, 0.15) is 11.5 Å². The van der Waals surface area contributed by atoms with Crippen LogP contribution in [0.1, 0.15) is 37.5 Å². The summed E-state index contributed by atoms with van der Waals surface area (Å²) in [5.74, 6) is 0.503. The normalized spacial score (nSPS) is 10.8. The van der Waals surface area contributed by atoms with E-state index >= 15 is 0 Å². The smallest absolute Gasteiger partial charge is 0.126 e. The summed E-state index contributed by atoms with van der Waals surface area (Å²) < 4.78 is 0. The molecule has 0 aromatic heterocycles. The molecule has 0 fully saturated rings. The molecule has 0 aliphatic carbocycles. The van der Waals surface area contributed by atoms with Gasteiger partial charge in [-0.05, 0) is 53.6 Å². The lowest BCUT2D eigenvalue weighted by Crippen LogP contribution is -1.96. The van der Waals surface area contributed by atoms with Crippen molar-refractivity contribution in [1.82, 2.24) is 0 Å². The van der Waals surface area contributed by atoms with Gasteiger partial charge in [-0.15, -0.1) is 0 Å². The fourth-order valence-electron chi connectivity index (χ4n) is 2.73. The Hall–Kier alpha value is -1.96. The predicted molar refractivity (Wildman–Crippen MR) is 83.3 cm³/mol. The molecule has 0 saturated carbocycles. The second-order valence-corrected chi connectivity index (χ2v) is 5.01. The van der Waals surface area contributed by atoms with Crippen molar-refractivity contribution in [1.29, 1.82) is 0 Å². The first-order valence-corrected chi connectivity index (χ1v) is 7.28. The molecule has 0 bridgehead atoms. The van der Waals surface area contributed by atoms with Crippen LogP contribution in [0.2, 0.25) is 0 Å². The van der Waals surface area contributed by atoms with E-state index in [2.05, 4.69) is 32.0 Å². The van der Waals surface area contributed by atoms with Gasteiger partial charge in [-0.3, -0.25) is 0 Å². The molecule has 2 heteroatoms. The molecule has 0 aliphatic heterocycles. The summed E-state index contributed by atoms with van der Waals surface area (Å²) >= 11 is 0. The summed E-state index contributed by atoms with van der Waals surface area (Å²) in [6.45, 7) is 6.20. The van der Waals surface area contributed by atoms with E-state index in [9.17, 15) is 10.2 Å². The van der Waals surface area contributed by atoms with Gasteiger partial charge < -0.3 is 10.2 Å². The number of phenolic OH excluding ortho intramolecular Hbond substituents is 2. The monoisotopic (exact) mass is 270 g/mol. The lowest BCUT2D eigenvalue weighted by molar-refractivity contribution is 0.456. The number of rotatable bonds is 4. The maximum Gasteiger partial charge on any atom is 0.126 e. The molecular formula is C18H22O2. The topological polar surface area (TPSA) is 40.5 Å². The Morgan fingerprint density at radius 3 is 1.85 bits per heavy atom. The summed E-state index contributed by atoms with van der Waals surface area (Å²) in [5, 5.41) is 20.4. The van der Waals surface area contributed by atoms with Gasteiger partial charge in [0.15, 0.2) is 0 Å². The summed E-state index contributed by atoms with van der Waals surface area (Å²) in [6.07, 6.45) is 2.50. The SMILES string of the molecule is CCc1cc(O)cc(-c2c(CC)cccc2CC)c1O. The Morgan fingerprint density at radius 1 is 0.800 bits per heavy atom. The van der Waals surface area contributed by atoms with Gasteiger partial charge in [0.05, 0.1) is 0 Å². The molecule has 0 saturated heterocycles. The van der Waals surface area contributed by atoms with Crippen LogP contribution >= 0.6 is 0 Å². The highest BCUT2D eigenvalue weighted by molar-refractivity contribution is 5.78. The molecule has 0 unspecified atom stereocenters. The number of hydrogen-bond donors (Lipinski definition) is 2. The third-order valence-electron chi connectivity index (χ3n) is 3.82. The van der Waals surface area contributed by atoms with Gasteiger partial charge in [0, 0.05) is 5.56 Å². The summed E-state index contributed by atoms with van der Waals surface area (Å²) in [7, 11) is 0. The Bertz CT molecular complexity index is 593. The first-order valence-electron chi connectivity index (χ1n) is 7.28. The summed E-state index contributed by atoms with van der Waals surface area (Å²) in [5.41, 5.74) is 5.00. The molecule has 2 aromatic carbocycles. The minimum absolute atomic E-state index is 0.211. The van der Waals surface area contributed by atoms with Crippen molar-refractivity contribution in [2.45, 2.75) is 40.0 Å². The quantitative estimate of drug-likeness (QED) is 0.806. The molecule has 2 rings (SSSR count). The molecule has 2 N–H and O–H groups in total. The molecule has 2 nitrogen and oxygen atoms in total. The molecule has 20 heavy (non-hydrogen) atoms. The summed E-state index contributed by atoms with van der Waals surface area (Å²) in [4.78, 5) is 0. The standard InChI is InChI=1S/C18H22O2/c1-4-12-8-7-9-13(5-2)17(12)16-11-15(19)10-14(6-3)18(16)20/h7-11,19-20H,4-6H2,1-3H3. The number of phenols is 2. The van der Waals surface area contributed by atoms with Gasteiger partial charge >= 0.3 is 0 Å². The Labute approximate surface area is 120 Å². The highest BCUT2D eigenvalue weighted by Gasteiger charge is 2.16. The molecule has 0 amide bonds. The van der Waals surface area contributed by atoms with Crippen molar-refractivity contribution in [3.8, 4) is 22.6 Å². The zero-order chi connectivity index (χ0) is 14.7. The van der Waals surface area contributed by atoms with E-state index in [-0.39, 0.29) is 5.75 Å². The fraction of sp³-hybridized carbons (Fsp3) is 0.333. The van der Waals surface area contributed by atoms with Crippen LogP contribution in [-0.4, -0.2) is 10.2 Å². The first-order chi connectivity index (χ1) is 9.62. The molecular weight excluding hydrogens is 248 g/mol. The highest BCUT2D eigenvalue weighted by atomic mass is 16.3. The van der Waals surface area contributed by atoms with Gasteiger partial charge in [-0.1, -0.05) is 39.0 Å². The zero-order valence-corrected chi connectivity index (χ0v) is 12.4. The van der Waals surface area contributed by atoms with Crippen molar-refractivity contribution in [3.63, 3.8) is 0 Å². The minimum Gasteiger partial charge on any atom is -0.508 e. The third-order valence-corrected chi connectivity index (χ3v) is 3.82. The number of aryl methyl sites for hydroxylation is 3. The van der Waals surface area contributed by atoms with Crippen molar-refractivity contribution >= 4 is 0 Å². The molecule has 0 atom stereocenters. The average molecular weight is 270 g/mol. The fourth-order valence-corrected chi connectivity index (χ4v) is 2.73. The largest absolute Gasteiger partial charge is 0.508 e.